The van der Waals surface area contributed by atoms with Crippen molar-refractivity contribution < 1.29 is 32.1 Å². The van der Waals surface area contributed by atoms with Gasteiger partial charge in [0.1, 0.15) is 0 Å². The number of hydrogen-bond donors (Lipinski definition) is 4. The zero-order valence-electron chi connectivity index (χ0n) is 8.03. The SMILES string of the molecule is CS(=O)(=O)OP(O)O.NCCCC(=O)O. The lowest BCUT2D eigenvalue weighted by Crippen LogP contribution is -2.02. The van der Waals surface area contributed by atoms with E-state index in [0.29, 0.717) is 13.0 Å². The minimum absolute atomic E-state index is 0.191. The van der Waals surface area contributed by atoms with Gasteiger partial charge in [-0.05, 0) is 13.0 Å². The predicted molar refractivity (Wildman–Crippen MR) is 53.2 cm³/mol. The van der Waals surface area contributed by atoms with Crippen LogP contribution >= 0.6 is 8.60 Å². The fourth-order valence-electron chi connectivity index (χ4n) is 0.374. The van der Waals surface area contributed by atoms with Crippen LogP contribution in [0.3, 0.4) is 0 Å². The second-order valence-corrected chi connectivity index (χ2v) is 4.83. The summed E-state index contributed by atoms with van der Waals surface area (Å²) in [5.74, 6) is -0.773. The largest absolute Gasteiger partial charge is 0.481 e. The van der Waals surface area contributed by atoms with Crippen LogP contribution in [-0.4, -0.2) is 42.1 Å². The third kappa shape index (κ3) is 24.8. The van der Waals surface area contributed by atoms with Crippen molar-refractivity contribution in [2.75, 3.05) is 12.8 Å². The first-order valence-electron chi connectivity index (χ1n) is 3.68. The molecule has 92 valence electrons. The van der Waals surface area contributed by atoms with Gasteiger partial charge in [-0.15, -0.1) is 0 Å². The lowest BCUT2D eigenvalue weighted by atomic mass is 10.3. The molecular formula is C5H14NO7PS. The Morgan fingerprint density at radius 1 is 1.47 bits per heavy atom. The molecule has 0 aliphatic heterocycles. The fraction of sp³-hybridized carbons (Fsp3) is 0.800. The number of nitrogens with two attached hydrogens (primary N) is 1. The molecule has 0 fully saturated rings. The molecule has 10 heteroatoms. The molecule has 0 aliphatic carbocycles. The molecular weight excluding hydrogens is 249 g/mol. The topological polar surface area (TPSA) is 147 Å². The maximum atomic E-state index is 9.92. The minimum Gasteiger partial charge on any atom is -0.481 e. The summed E-state index contributed by atoms with van der Waals surface area (Å²) in [5.41, 5.74) is 5.01. The number of carbonyl (C=O) groups is 1. The van der Waals surface area contributed by atoms with Crippen LogP contribution in [0.25, 0.3) is 0 Å². The van der Waals surface area contributed by atoms with Crippen molar-refractivity contribution in [1.29, 1.82) is 0 Å². The van der Waals surface area contributed by atoms with E-state index >= 15 is 0 Å². The van der Waals surface area contributed by atoms with E-state index in [0.717, 1.165) is 6.26 Å². The van der Waals surface area contributed by atoms with Crippen molar-refractivity contribution in [3.05, 3.63) is 0 Å². The molecule has 0 amide bonds. The highest BCUT2D eigenvalue weighted by Gasteiger charge is 2.08. The number of hydrogen-bond acceptors (Lipinski definition) is 7. The van der Waals surface area contributed by atoms with Crippen LogP contribution in [0.5, 0.6) is 0 Å². The van der Waals surface area contributed by atoms with E-state index in [1.54, 1.807) is 0 Å². The molecule has 0 aliphatic rings. The molecule has 0 bridgehead atoms. The Morgan fingerprint density at radius 2 is 1.93 bits per heavy atom. The van der Waals surface area contributed by atoms with Gasteiger partial charge in [0, 0.05) is 6.42 Å². The van der Waals surface area contributed by atoms with E-state index in [1.807, 2.05) is 0 Å². The molecule has 0 aromatic heterocycles. The lowest BCUT2D eigenvalue weighted by molar-refractivity contribution is -0.137. The molecule has 0 saturated carbocycles. The van der Waals surface area contributed by atoms with Crippen LogP contribution in [0.15, 0.2) is 0 Å². The minimum atomic E-state index is -3.69. The van der Waals surface area contributed by atoms with E-state index in [4.69, 9.17) is 20.6 Å². The van der Waals surface area contributed by atoms with Gasteiger partial charge in [0.25, 0.3) is 10.1 Å². The Morgan fingerprint density at radius 3 is 2.00 bits per heavy atom. The van der Waals surface area contributed by atoms with Crippen molar-refractivity contribution in [3.63, 3.8) is 0 Å². The maximum absolute atomic E-state index is 9.92. The summed E-state index contributed by atoms with van der Waals surface area (Å²) in [7, 11) is -6.47. The van der Waals surface area contributed by atoms with E-state index < -0.39 is 24.7 Å². The molecule has 0 radical (unpaired) electrons. The zero-order valence-corrected chi connectivity index (χ0v) is 9.74. The van der Waals surface area contributed by atoms with Crippen LogP contribution in [0.2, 0.25) is 0 Å². The van der Waals surface area contributed by atoms with Crippen LogP contribution < -0.4 is 5.73 Å². The molecule has 0 unspecified atom stereocenters. The summed E-state index contributed by atoms with van der Waals surface area (Å²) >= 11 is 0. The Labute approximate surface area is 88.8 Å². The Hall–Kier alpha value is -0.310. The molecule has 8 nitrogen and oxygen atoms in total. The van der Waals surface area contributed by atoms with Gasteiger partial charge in [-0.1, -0.05) is 0 Å². The number of carboxylic acid groups (broad SMARTS) is 1. The summed E-state index contributed by atoms with van der Waals surface area (Å²) < 4.78 is 23.4. The Bertz CT molecular complexity index is 265. The Kier molecular flexibility index (Phi) is 10.2. The quantitative estimate of drug-likeness (QED) is 0.461. The highest BCUT2D eigenvalue weighted by atomic mass is 32.2. The maximum Gasteiger partial charge on any atom is 0.342 e. The normalized spacial score (nSPS) is 10.7. The smallest absolute Gasteiger partial charge is 0.342 e. The molecule has 0 heterocycles. The van der Waals surface area contributed by atoms with Crippen molar-refractivity contribution in [2.45, 2.75) is 12.8 Å². The van der Waals surface area contributed by atoms with Gasteiger partial charge in [-0.2, -0.15) is 12.4 Å². The van der Waals surface area contributed by atoms with E-state index in [-0.39, 0.29) is 6.42 Å². The molecule has 15 heavy (non-hydrogen) atoms. The molecule has 5 N–H and O–H groups in total. The average molecular weight is 263 g/mol. The summed E-state index contributed by atoms with van der Waals surface area (Å²) in [4.78, 5) is 25.5. The monoisotopic (exact) mass is 263 g/mol. The molecule has 0 aromatic carbocycles. The third-order valence-corrected chi connectivity index (χ3v) is 2.41. The summed E-state index contributed by atoms with van der Waals surface area (Å²) in [6.07, 6.45) is 1.50. The van der Waals surface area contributed by atoms with Crippen molar-refractivity contribution in [3.8, 4) is 0 Å². The molecule has 0 aromatic rings. The molecule has 0 rings (SSSR count). The van der Waals surface area contributed by atoms with Crippen LogP contribution in [-0.2, 0) is 18.9 Å². The van der Waals surface area contributed by atoms with Gasteiger partial charge >= 0.3 is 14.6 Å². The first-order valence-corrected chi connectivity index (χ1v) is 6.66. The molecule has 0 spiro atoms. The first kappa shape index (κ1) is 17.1. The third-order valence-electron chi connectivity index (χ3n) is 0.797. The van der Waals surface area contributed by atoms with E-state index in [1.165, 1.54) is 0 Å². The average Bonchev–Trinajstić information content (AvgIpc) is 1.96. The summed E-state index contributed by atoms with van der Waals surface area (Å²) in [6.45, 7) is 0.465. The highest BCUT2D eigenvalue weighted by molar-refractivity contribution is 7.89. The summed E-state index contributed by atoms with van der Waals surface area (Å²) in [5, 5.41) is 7.99. The highest BCUT2D eigenvalue weighted by Crippen LogP contribution is 2.26. The number of carboxylic acids is 1. The van der Waals surface area contributed by atoms with Gasteiger partial charge in [-0.3, -0.25) is 4.79 Å². The van der Waals surface area contributed by atoms with Crippen LogP contribution in [0.1, 0.15) is 12.8 Å². The van der Waals surface area contributed by atoms with Gasteiger partial charge in [0.15, 0.2) is 0 Å². The molecule has 0 atom stereocenters. The number of aliphatic carboxylic acids is 1. The van der Waals surface area contributed by atoms with E-state index in [2.05, 4.69) is 3.97 Å². The van der Waals surface area contributed by atoms with Crippen molar-refractivity contribution in [2.24, 2.45) is 5.73 Å². The number of rotatable bonds is 5. The first-order chi connectivity index (χ1) is 6.69. The second kappa shape index (κ2) is 8.96. The van der Waals surface area contributed by atoms with Crippen molar-refractivity contribution >= 4 is 24.7 Å². The van der Waals surface area contributed by atoms with Crippen LogP contribution in [0.4, 0.5) is 0 Å². The van der Waals surface area contributed by atoms with Gasteiger partial charge in [0.2, 0.25) is 0 Å². The van der Waals surface area contributed by atoms with Crippen molar-refractivity contribution in [1.82, 2.24) is 0 Å². The lowest BCUT2D eigenvalue weighted by Gasteiger charge is -1.96. The fourth-order valence-corrected chi connectivity index (χ4v) is 1.34. The zero-order chi connectivity index (χ0) is 12.5. The standard InChI is InChI=1S/C4H9NO2.CH5O5PS/c5-3-1-2-4(6)7;1-8(4,5)6-7(2)3/h1-3,5H2,(H,6,7);2-3H,1H3. The second-order valence-electron chi connectivity index (χ2n) is 2.32. The van der Waals surface area contributed by atoms with E-state index in [9.17, 15) is 13.2 Å². The van der Waals surface area contributed by atoms with Crippen LogP contribution in [0, 0.1) is 0 Å². The van der Waals surface area contributed by atoms with Gasteiger partial charge < -0.3 is 20.6 Å². The summed E-state index contributed by atoms with van der Waals surface area (Å²) in [6, 6.07) is 0. The van der Waals surface area contributed by atoms with Gasteiger partial charge in [0.05, 0.1) is 6.26 Å². The predicted octanol–water partition coefficient (Wildman–Crippen LogP) is -1.02. The Balaban J connectivity index is 0. The molecule has 0 saturated heterocycles. The van der Waals surface area contributed by atoms with Gasteiger partial charge in [-0.25, -0.2) is 0 Å².